The number of fused-ring (bicyclic) bond motifs is 1. The summed E-state index contributed by atoms with van der Waals surface area (Å²) in [6.45, 7) is 2.05. The van der Waals surface area contributed by atoms with Crippen LogP contribution in [0.25, 0.3) is 23.5 Å². The molecule has 0 spiro atoms. The molecule has 1 aromatic heterocycles. The van der Waals surface area contributed by atoms with Crippen molar-refractivity contribution in [1.82, 2.24) is 15.3 Å². The van der Waals surface area contributed by atoms with Gasteiger partial charge in [0.25, 0.3) is 11.8 Å². The Bertz CT molecular complexity index is 1560. The Labute approximate surface area is 217 Å². The van der Waals surface area contributed by atoms with Crippen molar-refractivity contribution in [3.05, 3.63) is 105 Å². The fraction of sp³-hybridized carbons (Fsp3) is 0.107. The second-order valence-electron chi connectivity index (χ2n) is 8.62. The highest BCUT2D eigenvalue weighted by atomic mass is 35.5. The molecular formula is C28H22Cl2N4O2. The molecule has 180 valence electrons. The number of rotatable bonds is 5. The summed E-state index contributed by atoms with van der Waals surface area (Å²) in [7, 11) is 0. The Kier molecular flexibility index (Phi) is 6.63. The van der Waals surface area contributed by atoms with Gasteiger partial charge in [-0.25, -0.2) is 4.98 Å². The Hall–Kier alpha value is -3.87. The van der Waals surface area contributed by atoms with Gasteiger partial charge >= 0.3 is 0 Å². The Balaban J connectivity index is 1.31. The highest BCUT2D eigenvalue weighted by Crippen LogP contribution is 2.19. The number of hydrogen-bond acceptors (Lipinski definition) is 3. The first-order valence-corrected chi connectivity index (χ1v) is 12.1. The Morgan fingerprint density at radius 3 is 2.33 bits per heavy atom. The number of carbonyl (C=O) groups excluding carboxylic acids is 2. The average Bonchev–Trinajstić information content (AvgIpc) is 3.27. The van der Waals surface area contributed by atoms with E-state index in [1.807, 2.05) is 37.3 Å². The predicted molar refractivity (Wildman–Crippen MR) is 143 cm³/mol. The van der Waals surface area contributed by atoms with Crippen LogP contribution in [-0.4, -0.2) is 27.8 Å². The van der Waals surface area contributed by atoms with E-state index in [-0.39, 0.29) is 23.8 Å². The van der Waals surface area contributed by atoms with E-state index < -0.39 is 0 Å². The quantitative estimate of drug-likeness (QED) is 0.361. The standard InChI is InChI=1S/C28H22Cl2N4O2/c1-16-13-24-25(15-23(16)34-27(35)18-5-9-20(29)10-6-18)33-26(32-24)17-7-11-22(12-8-17)31-28(36)19-3-2-4-21(30)14-19/h2-16,23H,1H3,(H,31,36)(H,32,33)(H,34,35). The lowest BCUT2D eigenvalue weighted by atomic mass is 9.97. The van der Waals surface area contributed by atoms with Crippen LogP contribution in [0.2, 0.25) is 10.0 Å². The van der Waals surface area contributed by atoms with Crippen molar-refractivity contribution in [2.75, 3.05) is 5.32 Å². The number of H-pyrrole nitrogens is 1. The van der Waals surface area contributed by atoms with Crippen LogP contribution >= 0.6 is 23.2 Å². The minimum absolute atomic E-state index is 0.0751. The van der Waals surface area contributed by atoms with Crippen LogP contribution in [-0.2, 0) is 0 Å². The van der Waals surface area contributed by atoms with Gasteiger partial charge < -0.3 is 15.6 Å². The van der Waals surface area contributed by atoms with Crippen LogP contribution in [0.1, 0.15) is 27.6 Å². The zero-order chi connectivity index (χ0) is 25.2. The van der Waals surface area contributed by atoms with Crippen molar-refractivity contribution in [3.8, 4) is 11.4 Å². The SMILES string of the molecule is CC1C=c2[nH]c(-c3ccc(NC(=O)c4cccc(Cl)c4)cc3)nc2=CC1NC(=O)c1ccc(Cl)cc1. The van der Waals surface area contributed by atoms with Gasteiger partial charge in [0.2, 0.25) is 0 Å². The molecule has 0 saturated carbocycles. The van der Waals surface area contributed by atoms with Gasteiger partial charge in [0.05, 0.1) is 16.7 Å². The molecule has 36 heavy (non-hydrogen) atoms. The maximum Gasteiger partial charge on any atom is 0.255 e. The summed E-state index contributed by atoms with van der Waals surface area (Å²) < 4.78 is 0. The van der Waals surface area contributed by atoms with Gasteiger partial charge in [-0.05, 0) is 72.8 Å². The number of halogens is 2. The number of imidazole rings is 1. The lowest BCUT2D eigenvalue weighted by molar-refractivity contribution is 0.0941. The van der Waals surface area contributed by atoms with Crippen LogP contribution in [0.15, 0.2) is 72.8 Å². The maximum atomic E-state index is 12.7. The minimum atomic E-state index is -0.233. The summed E-state index contributed by atoms with van der Waals surface area (Å²) >= 11 is 11.9. The zero-order valence-corrected chi connectivity index (χ0v) is 20.8. The fourth-order valence-corrected chi connectivity index (χ4v) is 4.35. The number of aromatic nitrogens is 2. The number of hydrogen-bond donors (Lipinski definition) is 3. The van der Waals surface area contributed by atoms with E-state index in [9.17, 15) is 9.59 Å². The van der Waals surface area contributed by atoms with Gasteiger partial charge in [-0.3, -0.25) is 9.59 Å². The molecule has 2 unspecified atom stereocenters. The molecule has 3 N–H and O–H groups in total. The van der Waals surface area contributed by atoms with Crippen LogP contribution in [0.4, 0.5) is 5.69 Å². The normalized spacial score (nSPS) is 16.3. The molecule has 8 heteroatoms. The molecule has 3 aromatic carbocycles. The van der Waals surface area contributed by atoms with Crippen molar-refractivity contribution in [3.63, 3.8) is 0 Å². The molecule has 6 nitrogen and oxygen atoms in total. The van der Waals surface area contributed by atoms with Crippen LogP contribution < -0.4 is 21.3 Å². The Morgan fingerprint density at radius 2 is 1.61 bits per heavy atom. The minimum Gasteiger partial charge on any atom is -0.345 e. The van der Waals surface area contributed by atoms with Gasteiger partial charge in [0.1, 0.15) is 5.82 Å². The largest absolute Gasteiger partial charge is 0.345 e. The summed E-state index contributed by atoms with van der Waals surface area (Å²) in [6, 6.07) is 20.8. The van der Waals surface area contributed by atoms with Gasteiger partial charge in [-0.15, -0.1) is 0 Å². The third-order valence-electron chi connectivity index (χ3n) is 6.00. The molecular weight excluding hydrogens is 495 g/mol. The van der Waals surface area contributed by atoms with Crippen molar-refractivity contribution < 1.29 is 9.59 Å². The lowest BCUT2D eigenvalue weighted by Crippen LogP contribution is -2.44. The number of amides is 2. The summed E-state index contributed by atoms with van der Waals surface area (Å²) in [5.41, 5.74) is 2.58. The van der Waals surface area contributed by atoms with Gasteiger partial charge in [-0.2, -0.15) is 0 Å². The number of nitrogens with one attached hydrogen (secondary N) is 3. The molecule has 0 radical (unpaired) electrons. The summed E-state index contributed by atoms with van der Waals surface area (Å²) in [4.78, 5) is 33.2. The number of carbonyl (C=O) groups is 2. The third kappa shape index (κ3) is 5.20. The number of anilines is 1. The topological polar surface area (TPSA) is 86.9 Å². The van der Waals surface area contributed by atoms with E-state index in [1.165, 1.54) is 0 Å². The van der Waals surface area contributed by atoms with Crippen LogP contribution in [0.3, 0.4) is 0 Å². The highest BCUT2D eigenvalue weighted by molar-refractivity contribution is 6.31. The van der Waals surface area contributed by atoms with Crippen molar-refractivity contribution in [1.29, 1.82) is 0 Å². The lowest BCUT2D eigenvalue weighted by Gasteiger charge is -2.21. The molecule has 0 saturated heterocycles. The zero-order valence-electron chi connectivity index (χ0n) is 19.3. The van der Waals surface area contributed by atoms with E-state index in [2.05, 4.69) is 21.7 Å². The average molecular weight is 517 g/mol. The summed E-state index contributed by atoms with van der Waals surface area (Å²) in [5, 5.41) is 8.72. The monoisotopic (exact) mass is 516 g/mol. The Morgan fingerprint density at radius 1 is 0.861 bits per heavy atom. The molecule has 2 amide bonds. The first kappa shape index (κ1) is 23.9. The van der Waals surface area contributed by atoms with E-state index in [1.54, 1.807) is 48.5 Å². The molecule has 1 aliphatic carbocycles. The molecule has 4 aromatic rings. The van der Waals surface area contributed by atoms with Crippen LogP contribution in [0, 0.1) is 5.92 Å². The molecule has 5 rings (SSSR count). The molecule has 0 bridgehead atoms. The summed E-state index contributed by atoms with van der Waals surface area (Å²) in [6.07, 6.45) is 4.03. The molecule has 1 aliphatic rings. The molecule has 0 fully saturated rings. The third-order valence-corrected chi connectivity index (χ3v) is 6.49. The smallest absolute Gasteiger partial charge is 0.255 e. The van der Waals surface area contributed by atoms with Crippen molar-refractivity contribution in [2.45, 2.75) is 13.0 Å². The second-order valence-corrected chi connectivity index (χ2v) is 9.50. The predicted octanol–water partition coefficient (Wildman–Crippen LogP) is 4.65. The second kappa shape index (κ2) is 10.0. The first-order chi connectivity index (χ1) is 17.4. The molecule has 2 atom stereocenters. The van der Waals surface area contributed by atoms with E-state index >= 15 is 0 Å². The number of aromatic amines is 1. The maximum absolute atomic E-state index is 12.7. The van der Waals surface area contributed by atoms with Crippen molar-refractivity contribution >= 4 is 52.9 Å². The fourth-order valence-electron chi connectivity index (χ4n) is 4.03. The molecule has 0 aliphatic heterocycles. The highest BCUT2D eigenvalue weighted by Gasteiger charge is 2.20. The van der Waals surface area contributed by atoms with Crippen LogP contribution in [0.5, 0.6) is 0 Å². The number of benzene rings is 3. The van der Waals surface area contributed by atoms with E-state index in [4.69, 9.17) is 28.2 Å². The van der Waals surface area contributed by atoms with Gasteiger partial charge in [0.15, 0.2) is 0 Å². The van der Waals surface area contributed by atoms with Gasteiger partial charge in [0, 0.05) is 38.3 Å². The molecule has 1 heterocycles. The van der Waals surface area contributed by atoms with Crippen molar-refractivity contribution in [2.24, 2.45) is 5.92 Å². The summed E-state index contributed by atoms with van der Waals surface area (Å²) in [5.74, 6) is 0.384. The first-order valence-electron chi connectivity index (χ1n) is 11.4. The van der Waals surface area contributed by atoms with Gasteiger partial charge in [-0.1, -0.05) is 42.3 Å². The van der Waals surface area contributed by atoms with E-state index in [0.29, 0.717) is 32.7 Å². The van der Waals surface area contributed by atoms with E-state index in [0.717, 1.165) is 16.3 Å². The number of nitrogens with zero attached hydrogens (tertiary/aromatic N) is 1.